The standard InChI is InChI=1S/C31H34O6S/c1-18(2)23-14-13-20(4)28-26(16-23)19(3)12-15-24-17-27(38(34,35)25-10-8-7-9-11-25)30(36-21(5)32)31(29(24)28)37-22(6)33/h7-16,18,27,30-31H,17H2,1-6H3. The second-order valence-corrected chi connectivity index (χ2v) is 12.4. The third kappa shape index (κ3) is 5.25. The number of carbonyl (C=O) groups excluding carboxylic acids is 2. The summed E-state index contributed by atoms with van der Waals surface area (Å²) in [6.45, 7) is 10.8. The zero-order chi connectivity index (χ0) is 27.8. The molecule has 3 unspecified atom stereocenters. The van der Waals surface area contributed by atoms with E-state index in [9.17, 15) is 18.0 Å². The Morgan fingerprint density at radius 2 is 1.53 bits per heavy atom. The van der Waals surface area contributed by atoms with Gasteiger partial charge >= 0.3 is 11.9 Å². The topological polar surface area (TPSA) is 86.7 Å². The van der Waals surface area contributed by atoms with Crippen molar-refractivity contribution in [3.63, 3.8) is 0 Å². The predicted octanol–water partition coefficient (Wildman–Crippen LogP) is 5.75. The van der Waals surface area contributed by atoms with E-state index >= 15 is 0 Å². The highest BCUT2D eigenvalue weighted by Gasteiger charge is 2.50. The van der Waals surface area contributed by atoms with Crippen molar-refractivity contribution in [2.45, 2.75) is 70.3 Å². The maximum atomic E-state index is 13.9. The number of hydrogen-bond acceptors (Lipinski definition) is 6. The molecule has 3 aliphatic carbocycles. The van der Waals surface area contributed by atoms with Crippen molar-refractivity contribution in [2.24, 2.45) is 5.92 Å². The van der Waals surface area contributed by atoms with E-state index in [0.29, 0.717) is 5.57 Å². The van der Waals surface area contributed by atoms with E-state index in [-0.39, 0.29) is 17.2 Å². The third-order valence-corrected chi connectivity index (χ3v) is 9.34. The Kier molecular flexibility index (Phi) is 7.79. The van der Waals surface area contributed by atoms with Crippen LogP contribution in [0.5, 0.6) is 0 Å². The van der Waals surface area contributed by atoms with E-state index < -0.39 is 39.2 Å². The summed E-state index contributed by atoms with van der Waals surface area (Å²) in [6, 6.07) is 8.10. The normalized spacial score (nSPS) is 23.4. The second-order valence-electron chi connectivity index (χ2n) is 10.3. The smallest absolute Gasteiger partial charge is 0.303 e. The van der Waals surface area contributed by atoms with Crippen molar-refractivity contribution in [1.82, 2.24) is 0 Å². The van der Waals surface area contributed by atoms with Gasteiger partial charge in [0.25, 0.3) is 0 Å². The van der Waals surface area contributed by atoms with Crippen LogP contribution in [0.1, 0.15) is 48.0 Å². The van der Waals surface area contributed by atoms with E-state index in [4.69, 9.17) is 9.47 Å². The summed E-state index contributed by atoms with van der Waals surface area (Å²) in [5.41, 5.74) is 6.36. The van der Waals surface area contributed by atoms with Crippen molar-refractivity contribution < 1.29 is 27.5 Å². The summed E-state index contributed by atoms with van der Waals surface area (Å²) in [4.78, 5) is 24.9. The first-order valence-electron chi connectivity index (χ1n) is 12.8. The molecule has 0 radical (unpaired) electrons. The summed E-state index contributed by atoms with van der Waals surface area (Å²) in [5.74, 6) is -0.953. The number of allylic oxidation sites excluding steroid dienone is 10. The van der Waals surface area contributed by atoms with Gasteiger partial charge in [0, 0.05) is 19.4 Å². The van der Waals surface area contributed by atoms with Gasteiger partial charge in [-0.2, -0.15) is 0 Å². The van der Waals surface area contributed by atoms with E-state index in [1.54, 1.807) is 18.2 Å². The van der Waals surface area contributed by atoms with Crippen LogP contribution in [0.3, 0.4) is 0 Å². The van der Waals surface area contributed by atoms with E-state index in [0.717, 1.165) is 33.4 Å². The highest BCUT2D eigenvalue weighted by molar-refractivity contribution is 7.92. The SMILES string of the molecule is CC(=O)OC1C2=C3C(C)=CC=C(C(C)C)C=C3C(C)=CC=C2CC(S(=O)(=O)c2ccccc2)C1OC(C)=O. The molecule has 7 heteroatoms. The highest BCUT2D eigenvalue weighted by atomic mass is 32.2. The quantitative estimate of drug-likeness (QED) is 0.447. The van der Waals surface area contributed by atoms with Crippen molar-refractivity contribution in [1.29, 1.82) is 0 Å². The van der Waals surface area contributed by atoms with Crippen molar-refractivity contribution in [3.05, 3.63) is 99.7 Å². The molecule has 0 saturated heterocycles. The number of hydrogen-bond donors (Lipinski definition) is 0. The Hall–Kier alpha value is -3.45. The van der Waals surface area contributed by atoms with Gasteiger partial charge in [0.05, 0.1) is 4.90 Å². The van der Waals surface area contributed by atoms with Crippen LogP contribution in [0.2, 0.25) is 0 Å². The van der Waals surface area contributed by atoms with E-state index in [1.807, 2.05) is 32.1 Å². The molecule has 3 atom stereocenters. The van der Waals surface area contributed by atoms with Crippen molar-refractivity contribution in [2.75, 3.05) is 0 Å². The number of esters is 2. The summed E-state index contributed by atoms with van der Waals surface area (Å²) < 4.78 is 39.5. The minimum atomic E-state index is -3.96. The molecular weight excluding hydrogens is 500 g/mol. The zero-order valence-corrected chi connectivity index (χ0v) is 23.5. The number of sulfone groups is 1. The number of carbonyl (C=O) groups is 2. The van der Waals surface area contributed by atoms with Gasteiger partial charge in [-0.3, -0.25) is 9.59 Å². The molecule has 0 amide bonds. The average Bonchev–Trinajstić information content (AvgIpc) is 3.10. The zero-order valence-electron chi connectivity index (χ0n) is 22.6. The molecular formula is C31H34O6S. The minimum absolute atomic E-state index is 0.0978. The van der Waals surface area contributed by atoms with Crippen molar-refractivity contribution >= 4 is 21.8 Å². The molecule has 3 aliphatic rings. The lowest BCUT2D eigenvalue weighted by molar-refractivity contribution is -0.163. The molecule has 1 saturated carbocycles. The molecule has 0 N–H and O–H groups in total. The van der Waals surface area contributed by atoms with Gasteiger partial charge < -0.3 is 9.47 Å². The molecule has 38 heavy (non-hydrogen) atoms. The fourth-order valence-corrected chi connectivity index (χ4v) is 7.13. The lowest BCUT2D eigenvalue weighted by atomic mass is 9.78. The van der Waals surface area contributed by atoms with Crippen LogP contribution in [-0.4, -0.2) is 37.8 Å². The fraction of sp³-hybridized carbons (Fsp3) is 0.355. The average molecular weight is 535 g/mol. The third-order valence-electron chi connectivity index (χ3n) is 7.18. The second kappa shape index (κ2) is 10.7. The molecule has 200 valence electrons. The molecule has 4 rings (SSSR count). The van der Waals surface area contributed by atoms with Gasteiger partial charge in [0.15, 0.2) is 22.0 Å². The van der Waals surface area contributed by atoms with Crippen molar-refractivity contribution in [3.8, 4) is 0 Å². The first kappa shape index (κ1) is 27.6. The van der Waals surface area contributed by atoms with Crippen LogP contribution >= 0.6 is 0 Å². The Balaban J connectivity index is 2.01. The van der Waals surface area contributed by atoms with Gasteiger partial charge in [-0.25, -0.2) is 8.42 Å². The molecule has 0 bridgehead atoms. The van der Waals surface area contributed by atoms with Gasteiger partial charge in [0.1, 0.15) is 5.25 Å². The number of rotatable bonds is 5. The van der Waals surface area contributed by atoms with E-state index in [1.165, 1.54) is 26.0 Å². The Morgan fingerprint density at radius 3 is 2.13 bits per heavy atom. The molecule has 0 heterocycles. The number of fused-ring (bicyclic) bond motifs is 2. The molecule has 1 aromatic rings. The van der Waals surface area contributed by atoms with Crippen LogP contribution in [0, 0.1) is 5.92 Å². The number of benzene rings is 1. The Bertz CT molecular complexity index is 1450. The van der Waals surface area contributed by atoms with Crippen LogP contribution in [-0.2, 0) is 28.9 Å². The molecule has 6 nitrogen and oxygen atoms in total. The van der Waals surface area contributed by atoms with Crippen LogP contribution in [0.25, 0.3) is 0 Å². The molecule has 0 aromatic heterocycles. The van der Waals surface area contributed by atoms with Gasteiger partial charge in [-0.15, -0.1) is 0 Å². The highest BCUT2D eigenvalue weighted by Crippen LogP contribution is 2.46. The molecule has 1 fully saturated rings. The largest absolute Gasteiger partial charge is 0.457 e. The van der Waals surface area contributed by atoms with Crippen LogP contribution < -0.4 is 0 Å². The lowest BCUT2D eigenvalue weighted by Gasteiger charge is -2.40. The predicted molar refractivity (Wildman–Crippen MR) is 147 cm³/mol. The summed E-state index contributed by atoms with van der Waals surface area (Å²) in [6.07, 6.45) is 7.91. The van der Waals surface area contributed by atoms with E-state index in [2.05, 4.69) is 26.0 Å². The van der Waals surface area contributed by atoms with Gasteiger partial charge in [0.2, 0.25) is 0 Å². The van der Waals surface area contributed by atoms with Crippen LogP contribution in [0.4, 0.5) is 0 Å². The Labute approximate surface area is 225 Å². The maximum Gasteiger partial charge on any atom is 0.303 e. The molecule has 1 aromatic carbocycles. The first-order chi connectivity index (χ1) is 17.9. The summed E-state index contributed by atoms with van der Waals surface area (Å²) in [7, 11) is -3.96. The maximum absolute atomic E-state index is 13.9. The van der Waals surface area contributed by atoms with Gasteiger partial charge in [-0.1, -0.05) is 62.4 Å². The summed E-state index contributed by atoms with van der Waals surface area (Å²) >= 11 is 0. The number of ether oxygens (including phenoxy) is 2. The fourth-order valence-electron chi connectivity index (χ4n) is 5.30. The molecule has 0 spiro atoms. The Morgan fingerprint density at radius 1 is 0.895 bits per heavy atom. The lowest BCUT2D eigenvalue weighted by Crippen LogP contribution is -2.51. The molecule has 0 aliphatic heterocycles. The first-order valence-corrected chi connectivity index (χ1v) is 14.3. The minimum Gasteiger partial charge on any atom is -0.457 e. The monoisotopic (exact) mass is 534 g/mol. The summed E-state index contributed by atoms with van der Waals surface area (Å²) in [5, 5.41) is -1.15. The van der Waals surface area contributed by atoms with Gasteiger partial charge in [-0.05, 0) is 71.8 Å². The van der Waals surface area contributed by atoms with Crippen LogP contribution in [0.15, 0.2) is 105 Å².